The Balaban J connectivity index is 1.47. The summed E-state index contributed by atoms with van der Waals surface area (Å²) in [5.41, 5.74) is 2.03. The van der Waals surface area contributed by atoms with Gasteiger partial charge < -0.3 is 20.1 Å². The Labute approximate surface area is 188 Å². The van der Waals surface area contributed by atoms with E-state index >= 15 is 0 Å². The lowest BCUT2D eigenvalue weighted by atomic mass is 10.0. The number of carbonyl (C=O) groups is 1. The fourth-order valence-electron chi connectivity index (χ4n) is 3.82. The molecule has 0 unspecified atom stereocenters. The molecule has 10 nitrogen and oxygen atoms in total. The van der Waals surface area contributed by atoms with E-state index in [1.165, 1.54) is 0 Å². The van der Waals surface area contributed by atoms with Gasteiger partial charge in [-0.25, -0.2) is 18.7 Å². The van der Waals surface area contributed by atoms with Crippen molar-refractivity contribution in [3.05, 3.63) is 34.9 Å². The molecule has 3 aromatic rings. The minimum Gasteiger partial charge on any atom is -0.443 e. The van der Waals surface area contributed by atoms with E-state index in [0.29, 0.717) is 42.3 Å². The predicted octanol–water partition coefficient (Wildman–Crippen LogP) is 3.71. The van der Waals surface area contributed by atoms with E-state index in [2.05, 4.69) is 30.9 Å². The molecule has 3 heterocycles. The quantitative estimate of drug-likeness (QED) is 0.486. The highest BCUT2D eigenvalue weighted by Gasteiger charge is 2.40. The van der Waals surface area contributed by atoms with Gasteiger partial charge in [0.05, 0.1) is 18.5 Å². The van der Waals surface area contributed by atoms with Crippen LogP contribution in [0.1, 0.15) is 44.0 Å². The molecule has 4 rings (SSSR count). The number of fused-ring (bicyclic) bond motifs is 1. The molecule has 0 bridgehead atoms. The van der Waals surface area contributed by atoms with Gasteiger partial charge in [0, 0.05) is 30.8 Å². The number of halogens is 2. The van der Waals surface area contributed by atoms with Gasteiger partial charge in [0.25, 0.3) is 0 Å². The van der Waals surface area contributed by atoms with Crippen molar-refractivity contribution in [3.63, 3.8) is 0 Å². The highest BCUT2D eigenvalue weighted by molar-refractivity contribution is 6.29. The third-order valence-corrected chi connectivity index (χ3v) is 5.36. The Bertz CT molecular complexity index is 1100. The van der Waals surface area contributed by atoms with Crippen LogP contribution < -0.4 is 10.6 Å². The molecule has 0 spiro atoms. The fraction of sp³-hybridized carbons (Fsp3) is 0.500. The number of alkyl carbamates (subject to hydrolysis) is 1. The average molecular weight is 466 g/mol. The molecule has 1 fully saturated rings. The van der Waals surface area contributed by atoms with Crippen molar-refractivity contribution in [2.45, 2.75) is 57.5 Å². The van der Waals surface area contributed by atoms with Crippen molar-refractivity contribution in [2.24, 2.45) is 0 Å². The average Bonchev–Trinajstić information content (AvgIpc) is 3.41. The van der Waals surface area contributed by atoms with Crippen LogP contribution in [0.25, 0.3) is 5.52 Å². The number of methoxy groups -OCH3 is 1. The van der Waals surface area contributed by atoms with E-state index < -0.39 is 24.3 Å². The SMILES string of the molecule is COCc1cc2c(Nc3cc([C@H]4CC[C@@H](OC(=O)NC(C)C)[C@@H]4F)[nH]n3)nc(Cl)cn2n1. The summed E-state index contributed by atoms with van der Waals surface area (Å²) in [6.07, 6.45) is -0.162. The molecule has 0 radical (unpaired) electrons. The van der Waals surface area contributed by atoms with E-state index in [-0.39, 0.29) is 11.2 Å². The molecular weight excluding hydrogens is 441 g/mol. The summed E-state index contributed by atoms with van der Waals surface area (Å²) in [4.78, 5) is 16.1. The maximum atomic E-state index is 15.0. The second kappa shape index (κ2) is 9.29. The van der Waals surface area contributed by atoms with Gasteiger partial charge in [-0.15, -0.1) is 0 Å². The van der Waals surface area contributed by atoms with Gasteiger partial charge >= 0.3 is 6.09 Å². The predicted molar refractivity (Wildman–Crippen MR) is 116 cm³/mol. The summed E-state index contributed by atoms with van der Waals surface area (Å²) in [6.45, 7) is 3.98. The van der Waals surface area contributed by atoms with Crippen molar-refractivity contribution in [1.29, 1.82) is 0 Å². The molecule has 1 saturated carbocycles. The Morgan fingerprint density at radius 2 is 2.22 bits per heavy atom. The smallest absolute Gasteiger partial charge is 0.407 e. The molecule has 12 heteroatoms. The summed E-state index contributed by atoms with van der Waals surface area (Å²) in [5.74, 6) is 0.464. The standard InChI is InChI=1S/C20H25ClFN7O3/c1-10(2)23-20(30)32-15-5-4-12(18(15)22)13-7-17(27-26-13)25-19-14-6-11(9-31-3)28-29(14)8-16(21)24-19/h6-8,10,12,15,18H,4-5,9H2,1-3H3,(H,23,30)(H2,24,25,26,27)/t12-,15-,18-/m1/s1. The molecule has 3 aromatic heterocycles. The first-order chi connectivity index (χ1) is 15.3. The summed E-state index contributed by atoms with van der Waals surface area (Å²) in [7, 11) is 1.59. The molecule has 0 saturated heterocycles. The summed E-state index contributed by atoms with van der Waals surface area (Å²) in [5, 5.41) is 17.5. The topological polar surface area (TPSA) is 118 Å². The van der Waals surface area contributed by atoms with Crippen molar-refractivity contribution in [3.8, 4) is 0 Å². The maximum Gasteiger partial charge on any atom is 0.407 e. The zero-order chi connectivity index (χ0) is 22.8. The lowest BCUT2D eigenvalue weighted by Gasteiger charge is -2.18. The van der Waals surface area contributed by atoms with Crippen molar-refractivity contribution in [2.75, 3.05) is 12.4 Å². The molecule has 1 aliphatic carbocycles. The first-order valence-corrected chi connectivity index (χ1v) is 10.7. The second-order valence-electron chi connectivity index (χ2n) is 8.02. The number of aromatic nitrogens is 5. The number of hydrogen-bond acceptors (Lipinski definition) is 7. The van der Waals surface area contributed by atoms with Crippen molar-refractivity contribution >= 4 is 34.8 Å². The van der Waals surface area contributed by atoms with E-state index in [1.54, 1.807) is 23.9 Å². The van der Waals surface area contributed by atoms with Crippen LogP contribution >= 0.6 is 11.6 Å². The van der Waals surface area contributed by atoms with Crippen LogP contribution in [0, 0.1) is 0 Å². The largest absolute Gasteiger partial charge is 0.443 e. The van der Waals surface area contributed by atoms with Gasteiger partial charge in [-0.3, -0.25) is 5.10 Å². The van der Waals surface area contributed by atoms with Gasteiger partial charge in [-0.1, -0.05) is 11.6 Å². The Kier molecular flexibility index (Phi) is 6.47. The fourth-order valence-corrected chi connectivity index (χ4v) is 3.99. The lowest BCUT2D eigenvalue weighted by molar-refractivity contribution is 0.0555. The maximum absolute atomic E-state index is 15.0. The van der Waals surface area contributed by atoms with E-state index in [4.69, 9.17) is 21.1 Å². The highest BCUT2D eigenvalue weighted by atomic mass is 35.5. The van der Waals surface area contributed by atoms with Crippen molar-refractivity contribution in [1.82, 2.24) is 30.1 Å². The third kappa shape index (κ3) is 4.78. The number of nitrogens with one attached hydrogen (secondary N) is 3. The molecule has 3 atom stereocenters. The van der Waals surface area contributed by atoms with Crippen molar-refractivity contribution < 1.29 is 18.7 Å². The third-order valence-electron chi connectivity index (χ3n) is 5.18. The molecule has 0 aromatic carbocycles. The summed E-state index contributed by atoms with van der Waals surface area (Å²) < 4.78 is 27.0. The van der Waals surface area contributed by atoms with Gasteiger partial charge in [0.1, 0.15) is 22.9 Å². The first kappa shape index (κ1) is 22.3. The van der Waals surface area contributed by atoms with Crippen LogP contribution in [0.4, 0.5) is 20.8 Å². The first-order valence-electron chi connectivity index (χ1n) is 10.3. The zero-order valence-corrected chi connectivity index (χ0v) is 18.7. The minimum absolute atomic E-state index is 0.0769. The Hall–Kier alpha value is -2.92. The lowest BCUT2D eigenvalue weighted by Crippen LogP contribution is -2.36. The number of alkyl halides is 1. The van der Waals surface area contributed by atoms with Crippen LogP contribution in [0.15, 0.2) is 18.3 Å². The molecule has 1 amide bonds. The minimum atomic E-state index is -1.33. The van der Waals surface area contributed by atoms with Crippen LogP contribution in [0.3, 0.4) is 0 Å². The number of ether oxygens (including phenoxy) is 2. The number of hydrogen-bond donors (Lipinski definition) is 3. The monoisotopic (exact) mass is 465 g/mol. The van der Waals surface area contributed by atoms with Crippen LogP contribution in [0.2, 0.25) is 5.15 Å². The summed E-state index contributed by atoms with van der Waals surface area (Å²) in [6, 6.07) is 3.48. The van der Waals surface area contributed by atoms with Crippen LogP contribution in [0.5, 0.6) is 0 Å². The molecule has 0 aliphatic heterocycles. The molecular formula is C20H25ClFN7O3. The Morgan fingerprint density at radius 1 is 1.41 bits per heavy atom. The molecule has 172 valence electrons. The van der Waals surface area contributed by atoms with Crippen LogP contribution in [-0.4, -0.2) is 56.3 Å². The molecule has 3 N–H and O–H groups in total. The number of amides is 1. The van der Waals surface area contributed by atoms with E-state index in [0.717, 1.165) is 5.69 Å². The number of nitrogens with zero attached hydrogens (tertiary/aromatic N) is 4. The molecule has 32 heavy (non-hydrogen) atoms. The van der Waals surface area contributed by atoms with Gasteiger partial charge in [0.2, 0.25) is 0 Å². The number of carbonyl (C=O) groups excluding carboxylic acids is 1. The van der Waals surface area contributed by atoms with Crippen LogP contribution in [-0.2, 0) is 16.1 Å². The van der Waals surface area contributed by atoms with Gasteiger partial charge in [-0.05, 0) is 32.8 Å². The van der Waals surface area contributed by atoms with Gasteiger partial charge in [-0.2, -0.15) is 10.2 Å². The number of H-pyrrole nitrogens is 1. The molecule has 1 aliphatic rings. The highest BCUT2D eigenvalue weighted by Crippen LogP contribution is 2.38. The zero-order valence-electron chi connectivity index (χ0n) is 17.9. The number of aromatic amines is 1. The Morgan fingerprint density at radius 3 is 2.97 bits per heavy atom. The normalized spacial score (nSPS) is 20.8. The number of anilines is 2. The number of rotatable bonds is 7. The van der Waals surface area contributed by atoms with Gasteiger partial charge in [0.15, 0.2) is 11.6 Å². The van der Waals surface area contributed by atoms with E-state index in [1.807, 2.05) is 19.9 Å². The summed E-state index contributed by atoms with van der Waals surface area (Å²) >= 11 is 6.13. The van der Waals surface area contributed by atoms with E-state index in [9.17, 15) is 9.18 Å². The second-order valence-corrected chi connectivity index (χ2v) is 8.40.